The van der Waals surface area contributed by atoms with Gasteiger partial charge in [0.1, 0.15) is 11.9 Å². The molecular weight excluding hydrogens is 354 g/mol. The number of pyridine rings is 2. The summed E-state index contributed by atoms with van der Waals surface area (Å²) in [6.45, 7) is 4.66. The number of nitrogens with zero attached hydrogens (tertiary/aromatic N) is 5. The maximum absolute atomic E-state index is 9.66. The average molecular weight is 373 g/mol. The van der Waals surface area contributed by atoms with E-state index in [0.29, 0.717) is 17.1 Å². The smallest absolute Gasteiger partial charge is 0.231 e. The van der Waals surface area contributed by atoms with E-state index in [1.807, 2.05) is 30.6 Å². The summed E-state index contributed by atoms with van der Waals surface area (Å²) in [6, 6.07) is 12.1. The van der Waals surface area contributed by atoms with Crippen LogP contribution in [0.5, 0.6) is 11.5 Å². The van der Waals surface area contributed by atoms with E-state index in [1.165, 1.54) is 5.56 Å². The Morgan fingerprint density at radius 3 is 2.50 bits per heavy atom. The van der Waals surface area contributed by atoms with Gasteiger partial charge in [-0.05, 0) is 29.8 Å². The van der Waals surface area contributed by atoms with Crippen LogP contribution in [0.3, 0.4) is 0 Å². The van der Waals surface area contributed by atoms with Crippen LogP contribution in [0.15, 0.2) is 42.7 Å². The van der Waals surface area contributed by atoms with Gasteiger partial charge in [0.15, 0.2) is 11.5 Å². The number of hydrogen-bond donors (Lipinski definition) is 0. The highest BCUT2D eigenvalue weighted by atomic mass is 16.7. The van der Waals surface area contributed by atoms with Crippen molar-refractivity contribution in [2.75, 3.05) is 37.9 Å². The molecule has 0 saturated carbocycles. The molecule has 0 amide bonds. The molecule has 7 nitrogen and oxygen atoms in total. The third-order valence-corrected chi connectivity index (χ3v) is 5.24. The van der Waals surface area contributed by atoms with Gasteiger partial charge in [0.25, 0.3) is 0 Å². The fraction of sp³-hybridized carbons (Fsp3) is 0.286. The Balaban J connectivity index is 1.37. The first-order valence-corrected chi connectivity index (χ1v) is 9.31. The highest BCUT2D eigenvalue weighted by molar-refractivity contribution is 5.86. The van der Waals surface area contributed by atoms with Gasteiger partial charge in [-0.25, -0.2) is 4.98 Å². The lowest BCUT2D eigenvalue weighted by atomic mass is 10.1. The molecule has 7 heteroatoms. The quantitative estimate of drug-likeness (QED) is 0.698. The first kappa shape index (κ1) is 16.8. The maximum Gasteiger partial charge on any atom is 0.231 e. The number of hydrogen-bond acceptors (Lipinski definition) is 7. The molecule has 1 aromatic carbocycles. The van der Waals surface area contributed by atoms with E-state index in [9.17, 15) is 5.26 Å². The number of piperazine rings is 1. The van der Waals surface area contributed by atoms with Crippen LogP contribution < -0.4 is 14.4 Å². The Labute approximate surface area is 162 Å². The van der Waals surface area contributed by atoms with Crippen LogP contribution in [0, 0.1) is 11.3 Å². The average Bonchev–Trinajstić information content (AvgIpc) is 3.19. The molecule has 3 aromatic rings. The zero-order valence-corrected chi connectivity index (χ0v) is 15.3. The number of ether oxygens (including phenoxy) is 2. The van der Waals surface area contributed by atoms with Crippen LogP contribution in [0.4, 0.5) is 5.82 Å². The van der Waals surface area contributed by atoms with Crippen molar-refractivity contribution in [3.8, 4) is 17.6 Å². The van der Waals surface area contributed by atoms with Crippen molar-refractivity contribution in [1.29, 1.82) is 5.26 Å². The molecule has 0 radical (unpaired) electrons. The monoisotopic (exact) mass is 373 g/mol. The maximum atomic E-state index is 9.66. The predicted octanol–water partition coefficient (Wildman–Crippen LogP) is 2.55. The first-order chi connectivity index (χ1) is 13.8. The third kappa shape index (κ3) is 3.08. The Hall–Kier alpha value is -3.37. The molecule has 0 unspecified atom stereocenters. The van der Waals surface area contributed by atoms with Crippen LogP contribution in [-0.2, 0) is 6.54 Å². The summed E-state index contributed by atoms with van der Waals surface area (Å²) in [5.74, 6) is 2.16. The normalized spacial score (nSPS) is 16.3. The van der Waals surface area contributed by atoms with Crippen molar-refractivity contribution in [1.82, 2.24) is 14.9 Å². The van der Waals surface area contributed by atoms with Crippen molar-refractivity contribution >= 4 is 16.7 Å². The molecule has 28 heavy (non-hydrogen) atoms. The van der Waals surface area contributed by atoms with Crippen molar-refractivity contribution in [2.24, 2.45) is 0 Å². The minimum atomic E-state index is 0.225. The van der Waals surface area contributed by atoms with Gasteiger partial charge in [-0.3, -0.25) is 9.88 Å². The van der Waals surface area contributed by atoms with Crippen molar-refractivity contribution in [3.05, 3.63) is 53.9 Å². The zero-order valence-electron chi connectivity index (χ0n) is 15.3. The molecule has 0 bridgehead atoms. The van der Waals surface area contributed by atoms with Gasteiger partial charge < -0.3 is 14.4 Å². The van der Waals surface area contributed by atoms with E-state index >= 15 is 0 Å². The Morgan fingerprint density at radius 2 is 1.75 bits per heavy atom. The van der Waals surface area contributed by atoms with Gasteiger partial charge in [0, 0.05) is 56.6 Å². The van der Waals surface area contributed by atoms with Crippen molar-refractivity contribution in [3.63, 3.8) is 0 Å². The summed E-state index contributed by atoms with van der Waals surface area (Å²) in [7, 11) is 0. The molecular formula is C21H19N5O2. The number of nitriles is 1. The molecule has 0 atom stereocenters. The van der Waals surface area contributed by atoms with Crippen LogP contribution >= 0.6 is 0 Å². The number of rotatable bonds is 3. The second-order valence-corrected chi connectivity index (χ2v) is 6.99. The zero-order chi connectivity index (χ0) is 18.9. The second-order valence-electron chi connectivity index (χ2n) is 6.99. The van der Waals surface area contributed by atoms with E-state index < -0.39 is 0 Å². The first-order valence-electron chi connectivity index (χ1n) is 9.31. The summed E-state index contributed by atoms with van der Waals surface area (Å²) < 4.78 is 10.9. The van der Waals surface area contributed by atoms with Crippen LogP contribution in [0.25, 0.3) is 10.9 Å². The molecule has 1 fully saturated rings. The number of anilines is 1. The standard InChI is InChI=1S/C21H19N5O2/c22-12-17-9-16-10-19-20(28-14-27-19)11-18(16)24-21(17)26-7-5-25(6-8-26)13-15-1-3-23-4-2-15/h1-4,9-11H,5-8,13-14H2. The van der Waals surface area contributed by atoms with E-state index in [0.717, 1.165) is 49.4 Å². The fourth-order valence-electron chi connectivity index (χ4n) is 3.74. The molecule has 5 rings (SSSR count). The summed E-state index contributed by atoms with van der Waals surface area (Å²) >= 11 is 0. The molecule has 2 aliphatic heterocycles. The summed E-state index contributed by atoms with van der Waals surface area (Å²) in [6.07, 6.45) is 3.66. The SMILES string of the molecule is N#Cc1cc2cc3c(cc2nc1N1CCN(Cc2ccncc2)CC1)OCO3. The van der Waals surface area contributed by atoms with Gasteiger partial charge in [0.2, 0.25) is 6.79 Å². The van der Waals surface area contributed by atoms with Gasteiger partial charge in [0.05, 0.1) is 11.1 Å². The molecule has 2 aromatic heterocycles. The number of benzene rings is 1. The molecule has 4 heterocycles. The highest BCUT2D eigenvalue weighted by Crippen LogP contribution is 2.37. The molecule has 0 N–H and O–H groups in total. The lowest BCUT2D eigenvalue weighted by Gasteiger charge is -2.35. The van der Waals surface area contributed by atoms with Gasteiger partial charge in [-0.15, -0.1) is 0 Å². The van der Waals surface area contributed by atoms with Crippen LogP contribution in [0.1, 0.15) is 11.1 Å². The Morgan fingerprint density at radius 1 is 1.00 bits per heavy atom. The predicted molar refractivity (Wildman–Crippen MR) is 104 cm³/mol. The topological polar surface area (TPSA) is 74.5 Å². The fourth-order valence-corrected chi connectivity index (χ4v) is 3.74. The summed E-state index contributed by atoms with van der Waals surface area (Å²) in [5.41, 5.74) is 2.67. The van der Waals surface area contributed by atoms with E-state index in [2.05, 4.69) is 33.0 Å². The molecule has 1 saturated heterocycles. The molecule has 0 aliphatic carbocycles. The number of aromatic nitrogens is 2. The van der Waals surface area contributed by atoms with Crippen molar-refractivity contribution < 1.29 is 9.47 Å². The highest BCUT2D eigenvalue weighted by Gasteiger charge is 2.22. The molecule has 140 valence electrons. The number of fused-ring (bicyclic) bond motifs is 2. The largest absolute Gasteiger partial charge is 0.454 e. The van der Waals surface area contributed by atoms with Crippen molar-refractivity contribution in [2.45, 2.75) is 6.54 Å². The van der Waals surface area contributed by atoms with E-state index in [1.54, 1.807) is 0 Å². The van der Waals surface area contributed by atoms with Crippen LogP contribution in [0.2, 0.25) is 0 Å². The second kappa shape index (κ2) is 6.98. The van der Waals surface area contributed by atoms with Gasteiger partial charge in [-0.1, -0.05) is 0 Å². The van der Waals surface area contributed by atoms with Gasteiger partial charge in [-0.2, -0.15) is 5.26 Å². The van der Waals surface area contributed by atoms with Gasteiger partial charge >= 0.3 is 0 Å². The Kier molecular flexibility index (Phi) is 4.18. The summed E-state index contributed by atoms with van der Waals surface area (Å²) in [4.78, 5) is 13.5. The third-order valence-electron chi connectivity index (χ3n) is 5.24. The summed E-state index contributed by atoms with van der Waals surface area (Å²) in [5, 5.41) is 10.5. The minimum absolute atomic E-state index is 0.225. The minimum Gasteiger partial charge on any atom is -0.454 e. The van der Waals surface area contributed by atoms with E-state index in [4.69, 9.17) is 14.5 Å². The Bertz CT molecular complexity index is 1060. The lowest BCUT2D eigenvalue weighted by molar-refractivity contribution is 0.174. The lowest BCUT2D eigenvalue weighted by Crippen LogP contribution is -2.46. The van der Waals surface area contributed by atoms with E-state index in [-0.39, 0.29) is 6.79 Å². The van der Waals surface area contributed by atoms with Crippen LogP contribution in [-0.4, -0.2) is 47.8 Å². The molecule has 2 aliphatic rings. The molecule has 0 spiro atoms.